The quantitative estimate of drug-likeness (QED) is 0.516. The Labute approximate surface area is 135 Å². The zero-order valence-electron chi connectivity index (χ0n) is 14.3. The average Bonchev–Trinajstić information content (AvgIpc) is 2.48. The van der Waals surface area contributed by atoms with Gasteiger partial charge in [0.15, 0.2) is 0 Å². The fourth-order valence-corrected chi connectivity index (χ4v) is 7.17. The van der Waals surface area contributed by atoms with E-state index in [0.717, 1.165) is 18.3 Å². The molecule has 3 saturated carbocycles. The maximum Gasteiger partial charge on any atom is 0.105 e. The Morgan fingerprint density at radius 2 is 2.00 bits per heavy atom. The van der Waals surface area contributed by atoms with E-state index in [9.17, 15) is 0 Å². The van der Waals surface area contributed by atoms with Crippen LogP contribution in [-0.2, 0) is 0 Å². The maximum absolute atomic E-state index is 15.0. The number of nitrogens with one attached hydrogen (secondary N) is 1. The molecule has 0 spiro atoms. The number of alkyl halides is 1. The zero-order valence-corrected chi connectivity index (χ0v) is 14.3. The topological polar surface area (TPSA) is 4.44 Å². The van der Waals surface area contributed by atoms with Crippen molar-refractivity contribution in [1.82, 2.24) is 0 Å². The van der Waals surface area contributed by atoms with Crippen molar-refractivity contribution < 1.29 is 9.29 Å². The molecule has 0 aromatic carbocycles. The molecule has 1 saturated heterocycles. The molecule has 3 aliphatic carbocycles. The van der Waals surface area contributed by atoms with Gasteiger partial charge < -0.3 is 4.90 Å². The minimum atomic E-state index is -0.637. The van der Waals surface area contributed by atoms with Gasteiger partial charge >= 0.3 is 0 Å². The van der Waals surface area contributed by atoms with Crippen molar-refractivity contribution >= 4 is 0 Å². The Balaban J connectivity index is 1.82. The van der Waals surface area contributed by atoms with Gasteiger partial charge in [0.2, 0.25) is 0 Å². The third kappa shape index (κ3) is 1.92. The van der Waals surface area contributed by atoms with E-state index in [0.29, 0.717) is 24.3 Å². The van der Waals surface area contributed by atoms with Crippen molar-refractivity contribution in [3.05, 3.63) is 19.2 Å². The predicted molar refractivity (Wildman–Crippen MR) is 87.9 cm³/mol. The van der Waals surface area contributed by atoms with Gasteiger partial charge in [-0.1, -0.05) is 32.4 Å². The number of likely N-dealkylation sites (tertiary alicyclic amines) is 1. The molecule has 4 fully saturated rings. The summed E-state index contributed by atoms with van der Waals surface area (Å²) in [6, 6.07) is 0.535. The van der Waals surface area contributed by atoms with E-state index in [1.54, 1.807) is 0 Å². The predicted octanol–water partition coefficient (Wildman–Crippen LogP) is 3.43. The zero-order chi connectivity index (χ0) is 15.6. The minimum absolute atomic E-state index is 0.116. The van der Waals surface area contributed by atoms with Gasteiger partial charge in [-0.3, -0.25) is 0 Å². The van der Waals surface area contributed by atoms with Crippen LogP contribution in [-0.4, -0.2) is 18.8 Å². The van der Waals surface area contributed by atoms with Crippen LogP contribution in [0.5, 0.6) is 0 Å². The second kappa shape index (κ2) is 5.06. The summed E-state index contributed by atoms with van der Waals surface area (Å²) in [5.41, 5.74) is 1.45. The molecule has 0 amide bonds. The first-order valence-electron chi connectivity index (χ1n) is 9.42. The molecule has 0 aromatic rings. The molecule has 0 radical (unpaired) electrons. The number of piperidine rings is 1. The van der Waals surface area contributed by atoms with Crippen molar-refractivity contribution in [2.45, 2.75) is 64.6 Å². The monoisotopic (exact) mass is 305 g/mol. The third-order valence-electron chi connectivity index (χ3n) is 8.01. The normalized spacial score (nSPS) is 53.5. The van der Waals surface area contributed by atoms with Crippen LogP contribution in [0.3, 0.4) is 0 Å². The van der Waals surface area contributed by atoms with Crippen LogP contribution in [0.15, 0.2) is 12.2 Å². The van der Waals surface area contributed by atoms with Crippen LogP contribution in [0.2, 0.25) is 0 Å². The second-order valence-electron chi connectivity index (χ2n) is 9.18. The van der Waals surface area contributed by atoms with Gasteiger partial charge in [-0.2, -0.15) is 7.05 Å². The minimum Gasteiger partial charge on any atom is -0.465 e. The summed E-state index contributed by atoms with van der Waals surface area (Å²) in [5, 5.41) is 0. The molecule has 124 valence electrons. The molecule has 0 bridgehead atoms. The highest BCUT2D eigenvalue weighted by atomic mass is 19.1. The van der Waals surface area contributed by atoms with Crippen LogP contribution in [0.4, 0.5) is 4.39 Å². The van der Waals surface area contributed by atoms with E-state index in [2.05, 4.69) is 27.5 Å². The highest BCUT2D eigenvalue weighted by Gasteiger charge is 2.63. The number of rotatable bonds is 0. The summed E-state index contributed by atoms with van der Waals surface area (Å²) in [4.78, 5) is 1.42. The van der Waals surface area contributed by atoms with E-state index < -0.39 is 6.17 Å². The molecular weight excluding hydrogens is 273 g/mol. The molecule has 2 heteroatoms. The molecule has 0 aromatic heterocycles. The van der Waals surface area contributed by atoms with Crippen LogP contribution < -0.4 is 4.90 Å². The molecule has 22 heavy (non-hydrogen) atoms. The molecule has 1 heterocycles. The highest BCUT2D eigenvalue weighted by Crippen LogP contribution is 2.61. The largest absolute Gasteiger partial charge is 0.465 e. The Bertz CT molecular complexity index is 470. The lowest BCUT2D eigenvalue weighted by atomic mass is 9.43. The number of fused-ring (bicyclic) bond motifs is 2. The van der Waals surface area contributed by atoms with Gasteiger partial charge in [-0.05, 0) is 49.4 Å². The first-order valence-corrected chi connectivity index (χ1v) is 9.42. The van der Waals surface area contributed by atoms with Gasteiger partial charge in [0.05, 0.1) is 12.6 Å². The number of hydrogen-bond acceptors (Lipinski definition) is 0. The molecule has 1 nitrogen and oxygen atoms in total. The molecule has 8 unspecified atom stereocenters. The summed E-state index contributed by atoms with van der Waals surface area (Å²) in [6.45, 7) is 10.3. The summed E-state index contributed by atoms with van der Waals surface area (Å²) in [5.74, 6) is 2.86. The molecule has 1 aliphatic heterocycles. The fourth-order valence-electron chi connectivity index (χ4n) is 7.17. The summed E-state index contributed by atoms with van der Waals surface area (Å²) >= 11 is 0. The smallest absolute Gasteiger partial charge is 0.105 e. The highest BCUT2D eigenvalue weighted by molar-refractivity contribution is 5.19. The van der Waals surface area contributed by atoms with Crippen molar-refractivity contribution in [2.24, 2.45) is 35.0 Å². The van der Waals surface area contributed by atoms with Crippen molar-refractivity contribution in [3.8, 4) is 0 Å². The molecule has 1 N–H and O–H groups in total. The van der Waals surface area contributed by atoms with Crippen LogP contribution in [0.1, 0.15) is 52.4 Å². The lowest BCUT2D eigenvalue weighted by Gasteiger charge is -2.65. The van der Waals surface area contributed by atoms with Gasteiger partial charge in [0.25, 0.3) is 0 Å². The summed E-state index contributed by atoms with van der Waals surface area (Å²) < 4.78 is 15.0. The third-order valence-corrected chi connectivity index (χ3v) is 8.01. The molecule has 4 rings (SSSR count). The van der Waals surface area contributed by atoms with Crippen molar-refractivity contribution in [3.63, 3.8) is 0 Å². The van der Waals surface area contributed by atoms with Gasteiger partial charge in [0, 0.05) is 17.8 Å². The van der Waals surface area contributed by atoms with Crippen molar-refractivity contribution in [1.29, 1.82) is 0 Å². The number of quaternary nitrogens is 1. The lowest BCUT2D eigenvalue weighted by Crippen LogP contribution is -3.15. The molecule has 4 aliphatic rings. The lowest BCUT2D eigenvalue weighted by molar-refractivity contribution is -0.901. The Hall–Kier alpha value is -0.370. The van der Waals surface area contributed by atoms with E-state index >= 15 is 4.39 Å². The number of hydrogen-bond donors (Lipinski definition) is 1. The van der Waals surface area contributed by atoms with Gasteiger partial charge in [-0.25, -0.2) is 4.39 Å². The number of halogens is 1. The maximum atomic E-state index is 15.0. The molecular formula is C20H32FN. The van der Waals surface area contributed by atoms with Crippen LogP contribution in [0, 0.1) is 42.1 Å². The van der Waals surface area contributed by atoms with Crippen LogP contribution in [0.25, 0.3) is 0 Å². The Morgan fingerprint density at radius 3 is 2.77 bits per heavy atom. The standard InChI is InChI=1S/C20H32FN/c1-12-8-9-15(21)18-16(12)19-17-13(10-11-22(19)4)6-5-7-14(17)20(18,2)3/h13-19,22H,1,4-11H2,2-3H3. The van der Waals surface area contributed by atoms with Crippen LogP contribution >= 0.6 is 0 Å². The summed E-state index contributed by atoms with van der Waals surface area (Å²) in [7, 11) is 4.46. The van der Waals surface area contributed by atoms with Gasteiger partial charge in [0.1, 0.15) is 6.17 Å². The van der Waals surface area contributed by atoms with E-state index in [1.807, 2.05) is 0 Å². The summed E-state index contributed by atoms with van der Waals surface area (Å²) in [6.07, 6.45) is 6.33. The van der Waals surface area contributed by atoms with E-state index in [4.69, 9.17) is 0 Å². The van der Waals surface area contributed by atoms with Gasteiger partial charge in [-0.15, -0.1) is 0 Å². The average molecular weight is 305 g/mol. The second-order valence-corrected chi connectivity index (χ2v) is 9.18. The van der Waals surface area contributed by atoms with E-state index in [1.165, 1.54) is 42.7 Å². The Kier molecular flexibility index (Phi) is 3.49. The van der Waals surface area contributed by atoms with Crippen molar-refractivity contribution in [2.75, 3.05) is 6.54 Å². The molecule has 8 atom stereocenters. The van der Waals surface area contributed by atoms with E-state index in [-0.39, 0.29) is 11.3 Å². The fraction of sp³-hybridized carbons (Fsp3) is 0.850. The first-order chi connectivity index (χ1) is 10.4. The Morgan fingerprint density at radius 1 is 1.23 bits per heavy atom. The first kappa shape index (κ1) is 15.2. The SMILES string of the molecule is C=C1CCC(F)C2C1C1C3C(CCCC3C2(C)C)CC[NH+]1[CH2-].